The largest absolute Gasteiger partial charge is 0.457 e. The molecule has 2 aliphatic rings. The Balaban J connectivity index is 1.68. The van der Waals surface area contributed by atoms with Crippen LogP contribution < -0.4 is 32.4 Å². The quantitative estimate of drug-likeness (QED) is 0.466. The second-order valence-electron chi connectivity index (χ2n) is 9.17. The molecule has 0 saturated carbocycles. The van der Waals surface area contributed by atoms with Crippen LogP contribution in [0.2, 0.25) is 0 Å². The summed E-state index contributed by atoms with van der Waals surface area (Å²) < 4.78 is 27.2. The Morgan fingerprint density at radius 2 is 1.18 bits per heavy atom. The highest BCUT2D eigenvalue weighted by molar-refractivity contribution is 5.53. The normalized spacial score (nSPS) is 18.8. The van der Waals surface area contributed by atoms with Gasteiger partial charge < -0.3 is 32.4 Å². The minimum atomic E-state index is -1.04. The molecule has 0 unspecified atom stereocenters. The summed E-state index contributed by atoms with van der Waals surface area (Å²) in [6.07, 6.45) is 11.4. The minimum Gasteiger partial charge on any atom is -0.457 e. The summed E-state index contributed by atoms with van der Waals surface area (Å²) in [4.78, 5) is 0. The second kappa shape index (κ2) is 9.19. The van der Waals surface area contributed by atoms with Crippen molar-refractivity contribution in [3.05, 3.63) is 108 Å². The van der Waals surface area contributed by atoms with E-state index in [1.165, 1.54) is 0 Å². The number of hydrogen-bond donors (Lipinski definition) is 4. The standard InChI is InChI=1S/C27H31FN4O2/c1-25(18-28,21-6-2-4-8-23(21)33-19-10-14-26(29,30)15-11-19)22-7-3-5-9-24(22)34-20-12-16-27(31,32)17-13-20/h2-14,16H,15,17-18,29-32H2,1H3. The van der Waals surface area contributed by atoms with Crippen LogP contribution in [-0.2, 0) is 5.41 Å². The summed E-state index contributed by atoms with van der Waals surface area (Å²) in [5.74, 6) is 2.30. The van der Waals surface area contributed by atoms with Crippen LogP contribution >= 0.6 is 0 Å². The number of allylic oxidation sites excluding steroid dienone is 2. The molecule has 4 rings (SSSR count). The van der Waals surface area contributed by atoms with E-state index in [-0.39, 0.29) is 0 Å². The van der Waals surface area contributed by atoms with Crippen molar-refractivity contribution >= 4 is 0 Å². The van der Waals surface area contributed by atoms with Gasteiger partial charge in [-0.3, -0.25) is 0 Å². The van der Waals surface area contributed by atoms with Gasteiger partial charge in [-0.25, -0.2) is 4.39 Å². The predicted molar refractivity (Wildman–Crippen MR) is 132 cm³/mol. The lowest BCUT2D eigenvalue weighted by Crippen LogP contribution is -2.47. The molecule has 7 heteroatoms. The van der Waals surface area contributed by atoms with Crippen LogP contribution in [0, 0.1) is 0 Å². The van der Waals surface area contributed by atoms with Gasteiger partial charge in [-0.1, -0.05) is 36.4 Å². The summed E-state index contributed by atoms with van der Waals surface area (Å²) in [6.45, 7) is 1.17. The van der Waals surface area contributed by atoms with Crippen molar-refractivity contribution in [3.63, 3.8) is 0 Å². The summed E-state index contributed by atoms with van der Waals surface area (Å²) in [7, 11) is 0. The van der Waals surface area contributed by atoms with E-state index < -0.39 is 23.4 Å². The Bertz CT molecular complexity index is 1090. The minimum absolute atomic E-state index is 0.438. The first kappa shape index (κ1) is 23.9. The average Bonchev–Trinajstić information content (AvgIpc) is 2.82. The molecule has 34 heavy (non-hydrogen) atoms. The van der Waals surface area contributed by atoms with Crippen molar-refractivity contribution in [2.75, 3.05) is 6.67 Å². The van der Waals surface area contributed by atoms with Crippen molar-refractivity contribution < 1.29 is 13.9 Å². The summed E-state index contributed by atoms with van der Waals surface area (Å²) in [5, 5.41) is 0. The van der Waals surface area contributed by atoms with Gasteiger partial charge >= 0.3 is 0 Å². The van der Waals surface area contributed by atoms with Gasteiger partial charge in [-0.15, -0.1) is 0 Å². The van der Waals surface area contributed by atoms with E-state index >= 15 is 0 Å². The van der Waals surface area contributed by atoms with Gasteiger partial charge in [0.2, 0.25) is 0 Å². The zero-order chi connectivity index (χ0) is 24.4. The molecule has 0 spiro atoms. The first-order valence-electron chi connectivity index (χ1n) is 11.2. The van der Waals surface area contributed by atoms with Crippen molar-refractivity contribution in [3.8, 4) is 11.5 Å². The summed E-state index contributed by atoms with van der Waals surface area (Å²) >= 11 is 0. The van der Waals surface area contributed by atoms with Gasteiger partial charge in [0, 0.05) is 24.0 Å². The molecule has 0 amide bonds. The van der Waals surface area contributed by atoms with Gasteiger partial charge in [0.25, 0.3) is 0 Å². The lowest BCUT2D eigenvalue weighted by molar-refractivity contribution is 0.341. The fourth-order valence-corrected chi connectivity index (χ4v) is 4.02. The molecule has 0 heterocycles. The number of para-hydroxylation sites is 2. The molecule has 0 radical (unpaired) electrons. The number of ether oxygens (including phenoxy) is 2. The van der Waals surface area contributed by atoms with Crippen LogP contribution in [0.4, 0.5) is 4.39 Å². The Kier molecular flexibility index (Phi) is 6.47. The Morgan fingerprint density at radius 1 is 0.765 bits per heavy atom. The first-order valence-corrected chi connectivity index (χ1v) is 11.2. The molecule has 0 aliphatic heterocycles. The second-order valence-corrected chi connectivity index (χ2v) is 9.17. The van der Waals surface area contributed by atoms with E-state index in [0.29, 0.717) is 47.0 Å². The fraction of sp³-hybridized carbons (Fsp3) is 0.259. The Morgan fingerprint density at radius 3 is 1.53 bits per heavy atom. The van der Waals surface area contributed by atoms with Crippen LogP contribution in [0.1, 0.15) is 30.9 Å². The summed E-state index contributed by atoms with van der Waals surface area (Å²) in [6, 6.07) is 14.8. The van der Waals surface area contributed by atoms with Gasteiger partial charge in [0.05, 0.1) is 16.7 Å². The predicted octanol–water partition coefficient (Wildman–Crippen LogP) is 3.63. The number of alkyl halides is 1. The van der Waals surface area contributed by atoms with Gasteiger partial charge in [-0.2, -0.15) is 0 Å². The molecule has 0 fully saturated rings. The van der Waals surface area contributed by atoms with Crippen molar-refractivity contribution in [2.45, 2.75) is 36.5 Å². The fourth-order valence-electron chi connectivity index (χ4n) is 4.02. The van der Waals surface area contributed by atoms with Gasteiger partial charge in [0.15, 0.2) is 0 Å². The molecule has 8 N–H and O–H groups in total. The van der Waals surface area contributed by atoms with Gasteiger partial charge in [0.1, 0.15) is 29.7 Å². The highest BCUT2D eigenvalue weighted by Gasteiger charge is 2.35. The average molecular weight is 463 g/mol. The molecule has 2 aromatic rings. The van der Waals surface area contributed by atoms with E-state index in [1.54, 1.807) is 24.3 Å². The SMILES string of the molecule is CC(CF)(c1ccccc1OC1=CCC(N)(N)C=C1)c1ccccc1OC1=CCC(N)(N)C=C1. The third-order valence-corrected chi connectivity index (χ3v) is 6.12. The van der Waals surface area contributed by atoms with Gasteiger partial charge in [-0.05, 0) is 55.5 Å². The molecule has 0 aromatic heterocycles. The third kappa shape index (κ3) is 5.13. The highest BCUT2D eigenvalue weighted by atomic mass is 19.1. The number of benzene rings is 2. The zero-order valence-corrected chi connectivity index (χ0v) is 19.2. The maximum atomic E-state index is 14.9. The van der Waals surface area contributed by atoms with Crippen molar-refractivity contribution in [1.82, 2.24) is 0 Å². The number of halogens is 1. The number of rotatable bonds is 7. The lowest BCUT2D eigenvalue weighted by atomic mass is 9.76. The molecule has 0 bridgehead atoms. The number of nitrogens with two attached hydrogens (primary N) is 4. The lowest BCUT2D eigenvalue weighted by Gasteiger charge is -2.32. The highest BCUT2D eigenvalue weighted by Crippen LogP contribution is 2.43. The van der Waals surface area contributed by atoms with E-state index in [4.69, 9.17) is 32.4 Å². The molecule has 2 aliphatic carbocycles. The first-order chi connectivity index (χ1) is 16.1. The molecular formula is C27H31FN4O2. The molecular weight excluding hydrogens is 431 g/mol. The Hall–Kier alpha value is -3.23. The zero-order valence-electron chi connectivity index (χ0n) is 19.2. The maximum absolute atomic E-state index is 14.9. The monoisotopic (exact) mass is 462 g/mol. The smallest absolute Gasteiger partial charge is 0.131 e. The van der Waals surface area contributed by atoms with Crippen LogP contribution in [-0.4, -0.2) is 18.0 Å². The van der Waals surface area contributed by atoms with Crippen LogP contribution in [0.15, 0.2) is 96.5 Å². The van der Waals surface area contributed by atoms with Crippen LogP contribution in [0.5, 0.6) is 11.5 Å². The Labute approximate surface area is 199 Å². The topological polar surface area (TPSA) is 123 Å². The van der Waals surface area contributed by atoms with Crippen LogP contribution in [0.3, 0.4) is 0 Å². The molecule has 6 nitrogen and oxygen atoms in total. The van der Waals surface area contributed by atoms with E-state index in [2.05, 4.69) is 0 Å². The summed E-state index contributed by atoms with van der Waals surface area (Å²) in [5.41, 5.74) is 22.3. The molecule has 0 atom stereocenters. The van der Waals surface area contributed by atoms with Crippen LogP contribution in [0.25, 0.3) is 0 Å². The third-order valence-electron chi connectivity index (χ3n) is 6.12. The van der Waals surface area contributed by atoms with E-state index in [1.807, 2.05) is 67.6 Å². The maximum Gasteiger partial charge on any atom is 0.131 e. The molecule has 2 aromatic carbocycles. The molecule has 178 valence electrons. The van der Waals surface area contributed by atoms with E-state index in [9.17, 15) is 4.39 Å². The van der Waals surface area contributed by atoms with Crippen molar-refractivity contribution in [2.24, 2.45) is 22.9 Å². The van der Waals surface area contributed by atoms with Crippen molar-refractivity contribution in [1.29, 1.82) is 0 Å². The number of hydrogen-bond acceptors (Lipinski definition) is 6. The molecule has 0 saturated heterocycles. The van der Waals surface area contributed by atoms with E-state index in [0.717, 1.165) is 0 Å².